The molecule has 6 heteroatoms. The number of hydrogen-bond donors (Lipinski definition) is 0. The summed E-state index contributed by atoms with van der Waals surface area (Å²) < 4.78 is 3.99. The van der Waals surface area contributed by atoms with Crippen LogP contribution in [-0.4, -0.2) is 30.1 Å². The number of rotatable bonds is 3. The minimum absolute atomic E-state index is 0.0477. The molecule has 2 aromatic carbocycles. The first-order valence-corrected chi connectivity index (χ1v) is 9.51. The summed E-state index contributed by atoms with van der Waals surface area (Å²) in [5, 5.41) is 3.04. The van der Waals surface area contributed by atoms with Crippen LogP contribution in [0.5, 0.6) is 0 Å². The maximum atomic E-state index is 13.2. The van der Waals surface area contributed by atoms with Crippen LogP contribution in [0.3, 0.4) is 0 Å². The van der Waals surface area contributed by atoms with E-state index in [1.807, 2.05) is 44.4 Å². The van der Waals surface area contributed by atoms with Gasteiger partial charge >= 0.3 is 0 Å². The van der Waals surface area contributed by atoms with E-state index in [-0.39, 0.29) is 5.43 Å². The Balaban J connectivity index is 2.16. The zero-order valence-electron chi connectivity index (χ0n) is 13.8. The molecular formula is C19H16Cl2N2OS. The summed E-state index contributed by atoms with van der Waals surface area (Å²) in [6.07, 6.45) is 0. The van der Waals surface area contributed by atoms with Gasteiger partial charge in [-0.25, -0.2) is 0 Å². The fraction of sp³-hybridized carbons (Fsp3) is 0.211. The molecular weight excluding hydrogens is 375 g/mol. The first-order valence-electron chi connectivity index (χ1n) is 7.94. The van der Waals surface area contributed by atoms with Gasteiger partial charge in [-0.2, -0.15) is 0 Å². The number of benzene rings is 2. The molecule has 0 bridgehead atoms. The highest BCUT2D eigenvalue weighted by atomic mass is 35.5. The molecule has 2 heterocycles. The third-order valence-electron chi connectivity index (χ3n) is 4.37. The molecule has 4 aromatic rings. The van der Waals surface area contributed by atoms with E-state index < -0.39 is 0 Å². The molecule has 0 fully saturated rings. The van der Waals surface area contributed by atoms with E-state index in [2.05, 4.69) is 9.47 Å². The number of likely N-dealkylation sites (N-methyl/N-ethyl adjacent to an activating group) is 1. The van der Waals surface area contributed by atoms with Gasteiger partial charge in [0.25, 0.3) is 0 Å². The molecule has 0 spiro atoms. The van der Waals surface area contributed by atoms with Crippen LogP contribution in [0.4, 0.5) is 0 Å². The van der Waals surface area contributed by atoms with E-state index in [4.69, 9.17) is 23.2 Å². The van der Waals surface area contributed by atoms with Crippen LogP contribution < -0.4 is 5.43 Å². The molecule has 2 aromatic heterocycles. The van der Waals surface area contributed by atoms with Gasteiger partial charge in [-0.3, -0.25) is 4.79 Å². The van der Waals surface area contributed by atoms with Gasteiger partial charge in [0, 0.05) is 38.6 Å². The van der Waals surface area contributed by atoms with Crippen molar-refractivity contribution in [3.63, 3.8) is 0 Å². The lowest BCUT2D eigenvalue weighted by molar-refractivity contribution is 0.389. The van der Waals surface area contributed by atoms with Gasteiger partial charge in [0.2, 0.25) is 5.43 Å². The summed E-state index contributed by atoms with van der Waals surface area (Å²) in [4.78, 5) is 15.3. The van der Waals surface area contributed by atoms with Crippen molar-refractivity contribution in [2.24, 2.45) is 0 Å². The SMILES string of the molecule is CN(C)CCn1c2ccc(Cl)cc2c2sc3cc(Cl)ccc3c(=O)c21. The van der Waals surface area contributed by atoms with Crippen LogP contribution in [0.15, 0.2) is 41.2 Å². The molecule has 0 aliphatic rings. The minimum atomic E-state index is 0.0477. The van der Waals surface area contributed by atoms with Crippen molar-refractivity contribution in [3.05, 3.63) is 56.7 Å². The third kappa shape index (κ3) is 2.83. The fourth-order valence-electron chi connectivity index (χ4n) is 3.16. The van der Waals surface area contributed by atoms with Crippen LogP contribution in [-0.2, 0) is 6.54 Å². The summed E-state index contributed by atoms with van der Waals surface area (Å²) in [6.45, 7) is 1.60. The molecule has 0 saturated carbocycles. The summed E-state index contributed by atoms with van der Waals surface area (Å²) in [7, 11) is 4.06. The summed E-state index contributed by atoms with van der Waals surface area (Å²) in [5.74, 6) is 0. The second kappa shape index (κ2) is 6.29. The van der Waals surface area contributed by atoms with Crippen LogP contribution >= 0.6 is 34.5 Å². The molecule has 128 valence electrons. The van der Waals surface area contributed by atoms with E-state index in [9.17, 15) is 4.79 Å². The predicted octanol–water partition coefficient (Wildman–Crippen LogP) is 5.24. The molecule has 0 unspecified atom stereocenters. The molecule has 0 N–H and O–H groups in total. The average Bonchev–Trinajstić information content (AvgIpc) is 2.86. The molecule has 0 aliphatic carbocycles. The van der Waals surface area contributed by atoms with Gasteiger partial charge in [0.15, 0.2) is 0 Å². The highest BCUT2D eigenvalue weighted by molar-refractivity contribution is 7.25. The number of halogens is 2. The molecule has 0 aliphatic heterocycles. The highest BCUT2D eigenvalue weighted by Gasteiger charge is 2.17. The van der Waals surface area contributed by atoms with Crippen LogP contribution in [0, 0.1) is 0 Å². The Kier molecular flexibility index (Phi) is 4.24. The smallest absolute Gasteiger partial charge is 0.212 e. The second-order valence-electron chi connectivity index (χ2n) is 6.37. The molecule has 3 nitrogen and oxygen atoms in total. The molecule has 25 heavy (non-hydrogen) atoms. The lowest BCUT2D eigenvalue weighted by Gasteiger charge is -2.12. The van der Waals surface area contributed by atoms with Crippen LogP contribution in [0.2, 0.25) is 10.0 Å². The van der Waals surface area contributed by atoms with Gasteiger partial charge in [-0.1, -0.05) is 23.2 Å². The first kappa shape index (κ1) is 16.9. The second-order valence-corrected chi connectivity index (χ2v) is 8.29. The van der Waals surface area contributed by atoms with E-state index in [1.165, 1.54) is 0 Å². The van der Waals surface area contributed by atoms with Gasteiger partial charge in [0.1, 0.15) is 5.52 Å². The van der Waals surface area contributed by atoms with E-state index in [0.29, 0.717) is 15.4 Å². The average molecular weight is 391 g/mol. The van der Waals surface area contributed by atoms with Crippen molar-refractivity contribution in [2.45, 2.75) is 6.54 Å². The Bertz CT molecular complexity index is 1180. The van der Waals surface area contributed by atoms with Gasteiger partial charge in [-0.15, -0.1) is 11.3 Å². The van der Waals surface area contributed by atoms with Crippen LogP contribution in [0.25, 0.3) is 31.2 Å². The van der Waals surface area contributed by atoms with Gasteiger partial charge < -0.3 is 9.47 Å². The minimum Gasteiger partial charge on any atom is -0.335 e. The number of fused-ring (bicyclic) bond motifs is 4. The lowest BCUT2D eigenvalue weighted by atomic mass is 10.2. The molecule has 0 radical (unpaired) electrons. The number of nitrogens with zero attached hydrogens (tertiary/aromatic N) is 2. The van der Waals surface area contributed by atoms with Crippen molar-refractivity contribution in [1.82, 2.24) is 9.47 Å². The van der Waals surface area contributed by atoms with E-state index in [1.54, 1.807) is 17.4 Å². The van der Waals surface area contributed by atoms with E-state index >= 15 is 0 Å². The standard InChI is InChI=1S/C19H16Cl2N2OS/c1-22(2)7-8-23-15-6-4-11(20)9-14(15)19-17(23)18(24)13-5-3-12(21)10-16(13)25-19/h3-6,9-10H,7-8H2,1-2H3. The summed E-state index contributed by atoms with van der Waals surface area (Å²) >= 11 is 14.0. The fourth-order valence-corrected chi connectivity index (χ4v) is 4.82. The Morgan fingerprint density at radius 1 is 1.04 bits per heavy atom. The van der Waals surface area contributed by atoms with Crippen LogP contribution in [0.1, 0.15) is 0 Å². The maximum absolute atomic E-state index is 13.2. The van der Waals surface area contributed by atoms with Crippen molar-refractivity contribution in [3.8, 4) is 0 Å². The number of aromatic nitrogens is 1. The molecule has 0 saturated heterocycles. The van der Waals surface area contributed by atoms with Gasteiger partial charge in [0.05, 0.1) is 10.2 Å². The molecule has 0 amide bonds. The van der Waals surface area contributed by atoms with Gasteiger partial charge in [-0.05, 0) is 50.5 Å². The normalized spacial score (nSPS) is 12.0. The zero-order chi connectivity index (χ0) is 17.7. The van der Waals surface area contributed by atoms with Crippen molar-refractivity contribution < 1.29 is 0 Å². The van der Waals surface area contributed by atoms with Crippen molar-refractivity contribution >= 4 is 65.7 Å². The first-order chi connectivity index (χ1) is 12.0. The highest BCUT2D eigenvalue weighted by Crippen LogP contribution is 2.35. The Morgan fingerprint density at radius 3 is 2.52 bits per heavy atom. The Labute approximate surface area is 159 Å². The quantitative estimate of drug-likeness (QED) is 0.477. The lowest BCUT2D eigenvalue weighted by Crippen LogP contribution is -2.19. The topological polar surface area (TPSA) is 25.2 Å². The van der Waals surface area contributed by atoms with Crippen molar-refractivity contribution in [2.75, 3.05) is 20.6 Å². The maximum Gasteiger partial charge on any atom is 0.212 e. The predicted molar refractivity (Wildman–Crippen MR) is 110 cm³/mol. The molecule has 0 atom stereocenters. The Morgan fingerprint density at radius 2 is 1.76 bits per heavy atom. The molecule has 4 rings (SSSR count). The van der Waals surface area contributed by atoms with Crippen molar-refractivity contribution in [1.29, 1.82) is 0 Å². The largest absolute Gasteiger partial charge is 0.335 e. The number of hydrogen-bond acceptors (Lipinski definition) is 3. The van der Waals surface area contributed by atoms with E-state index in [0.717, 1.165) is 38.9 Å². The Hall–Kier alpha value is -1.59. The third-order valence-corrected chi connectivity index (χ3v) is 6.01. The monoisotopic (exact) mass is 390 g/mol. The summed E-state index contributed by atoms with van der Waals surface area (Å²) in [5.41, 5.74) is 1.83. The summed E-state index contributed by atoms with van der Waals surface area (Å²) in [6, 6.07) is 11.3. The zero-order valence-corrected chi connectivity index (χ0v) is 16.2.